The van der Waals surface area contributed by atoms with E-state index in [0.29, 0.717) is 48.1 Å². The second-order valence-electron chi connectivity index (χ2n) is 6.99. The number of carbonyl (C=O) groups excluding carboxylic acids is 2. The molecule has 2 amide bonds. The quantitative estimate of drug-likeness (QED) is 0.454. The number of carbonyl (C=O) groups is 2. The van der Waals surface area contributed by atoms with Gasteiger partial charge in [-0.1, -0.05) is 0 Å². The van der Waals surface area contributed by atoms with Gasteiger partial charge in [0.15, 0.2) is 0 Å². The molecule has 0 fully saturated rings. The van der Waals surface area contributed by atoms with Gasteiger partial charge >= 0.3 is 0 Å². The first kappa shape index (κ1) is 21.3. The van der Waals surface area contributed by atoms with Crippen LogP contribution in [0, 0.1) is 6.92 Å². The van der Waals surface area contributed by atoms with Gasteiger partial charge in [-0.15, -0.1) is 0 Å². The Kier molecular flexibility index (Phi) is 6.36. The number of benzene rings is 1. The number of hydrogen-bond donors (Lipinski definition) is 3. The summed E-state index contributed by atoms with van der Waals surface area (Å²) in [6.07, 6.45) is 1.61. The van der Waals surface area contributed by atoms with Gasteiger partial charge in [0.05, 0.1) is 17.8 Å². The molecular weight excluding hydrogens is 386 g/mol. The molecule has 10 nitrogen and oxygen atoms in total. The fraction of sp³-hybridized carbons (Fsp3) is 0.400. The van der Waals surface area contributed by atoms with Gasteiger partial charge < -0.3 is 20.8 Å². The maximum Gasteiger partial charge on any atom is 0.276 e. The van der Waals surface area contributed by atoms with Gasteiger partial charge in [-0.3, -0.25) is 19.6 Å². The van der Waals surface area contributed by atoms with E-state index in [0.717, 1.165) is 18.5 Å². The Balaban J connectivity index is 1.96. The van der Waals surface area contributed by atoms with Crippen LogP contribution in [0.1, 0.15) is 46.3 Å². The van der Waals surface area contributed by atoms with Gasteiger partial charge in [-0.25, -0.2) is 4.98 Å². The summed E-state index contributed by atoms with van der Waals surface area (Å²) in [6.45, 7) is 5.34. The van der Waals surface area contributed by atoms with E-state index >= 15 is 0 Å². The van der Waals surface area contributed by atoms with Crippen molar-refractivity contribution in [2.75, 3.05) is 18.5 Å². The van der Waals surface area contributed by atoms with Crippen molar-refractivity contribution in [2.45, 2.75) is 33.2 Å². The topological polar surface area (TPSA) is 143 Å². The Bertz CT molecular complexity index is 1080. The Morgan fingerprint density at radius 1 is 1.23 bits per heavy atom. The molecule has 3 aromatic rings. The molecule has 30 heavy (non-hydrogen) atoms. The summed E-state index contributed by atoms with van der Waals surface area (Å²) in [5.74, 6) is -0.105. The molecule has 0 bridgehead atoms. The number of aromatic nitrogens is 4. The summed E-state index contributed by atoms with van der Waals surface area (Å²) >= 11 is 0. The summed E-state index contributed by atoms with van der Waals surface area (Å²) in [6, 6.07) is 4.90. The molecule has 3 rings (SSSR count). The summed E-state index contributed by atoms with van der Waals surface area (Å²) in [4.78, 5) is 29.0. The molecule has 2 aromatic heterocycles. The monoisotopic (exact) mass is 413 g/mol. The third-order valence-corrected chi connectivity index (χ3v) is 4.73. The third-order valence-electron chi connectivity index (χ3n) is 4.73. The van der Waals surface area contributed by atoms with Crippen LogP contribution in [-0.4, -0.2) is 44.3 Å². The molecular formula is C20H27N7O3. The maximum atomic E-state index is 12.8. The zero-order valence-electron chi connectivity index (χ0n) is 17.4. The van der Waals surface area contributed by atoms with Crippen LogP contribution < -0.4 is 21.5 Å². The minimum atomic E-state index is -0.581. The molecule has 1 aromatic carbocycles. The molecule has 0 saturated carbocycles. The minimum absolute atomic E-state index is 0.284. The predicted octanol–water partition coefficient (Wildman–Crippen LogP) is 1.57. The Morgan fingerprint density at radius 3 is 2.67 bits per heavy atom. The standard InChI is InChI=1S/C20H27N7O3/c1-4-27-15(9-12(2)25-27)19(29)24-20-23-14-10-13(18(22)28)11-16(17(14)26(20)3)30-8-6-5-7-21/h9-11H,4-8,21H2,1-3H3,(H2,22,28)(H,23,24,29). The van der Waals surface area contributed by atoms with Crippen molar-refractivity contribution in [2.24, 2.45) is 18.5 Å². The molecule has 160 valence electrons. The number of nitrogens with two attached hydrogens (primary N) is 2. The summed E-state index contributed by atoms with van der Waals surface area (Å²) in [7, 11) is 1.77. The predicted molar refractivity (Wildman–Crippen MR) is 114 cm³/mol. The highest BCUT2D eigenvalue weighted by Gasteiger charge is 2.20. The third kappa shape index (κ3) is 4.28. The lowest BCUT2D eigenvalue weighted by molar-refractivity contribution is 0.0995. The van der Waals surface area contributed by atoms with Crippen molar-refractivity contribution in [3.05, 3.63) is 35.2 Å². The van der Waals surface area contributed by atoms with Crippen LogP contribution in [0.4, 0.5) is 5.95 Å². The number of anilines is 1. The van der Waals surface area contributed by atoms with Gasteiger partial charge in [-0.2, -0.15) is 5.10 Å². The number of aryl methyl sites for hydroxylation is 3. The van der Waals surface area contributed by atoms with Crippen molar-refractivity contribution in [1.29, 1.82) is 0 Å². The highest BCUT2D eigenvalue weighted by atomic mass is 16.5. The second-order valence-corrected chi connectivity index (χ2v) is 6.99. The molecule has 10 heteroatoms. The van der Waals surface area contributed by atoms with Crippen molar-refractivity contribution in [3.63, 3.8) is 0 Å². The zero-order valence-corrected chi connectivity index (χ0v) is 17.4. The number of primary amides is 1. The van der Waals surface area contributed by atoms with E-state index in [1.54, 1.807) is 34.5 Å². The van der Waals surface area contributed by atoms with Crippen molar-refractivity contribution >= 4 is 28.8 Å². The number of rotatable bonds is 9. The second kappa shape index (κ2) is 8.95. The largest absolute Gasteiger partial charge is 0.491 e. The van der Waals surface area contributed by atoms with E-state index in [1.165, 1.54) is 0 Å². The Morgan fingerprint density at radius 2 is 2.00 bits per heavy atom. The van der Waals surface area contributed by atoms with Crippen LogP contribution in [0.25, 0.3) is 11.0 Å². The van der Waals surface area contributed by atoms with Gasteiger partial charge in [0, 0.05) is 19.2 Å². The van der Waals surface area contributed by atoms with E-state index in [4.69, 9.17) is 16.2 Å². The number of nitrogens with zero attached hydrogens (tertiary/aromatic N) is 4. The molecule has 0 unspecified atom stereocenters. The highest BCUT2D eigenvalue weighted by molar-refractivity contribution is 6.04. The van der Waals surface area contributed by atoms with E-state index in [1.807, 2.05) is 13.8 Å². The van der Waals surface area contributed by atoms with Crippen molar-refractivity contribution in [1.82, 2.24) is 19.3 Å². The lowest BCUT2D eigenvalue weighted by atomic mass is 10.1. The van der Waals surface area contributed by atoms with Crippen LogP contribution in [0.2, 0.25) is 0 Å². The molecule has 0 atom stereocenters. The number of nitrogens with one attached hydrogen (secondary N) is 1. The first-order valence-electron chi connectivity index (χ1n) is 9.84. The number of fused-ring (bicyclic) bond motifs is 1. The summed E-state index contributed by atoms with van der Waals surface area (Å²) in [5.41, 5.74) is 13.6. The number of hydrogen-bond acceptors (Lipinski definition) is 6. The molecule has 0 aliphatic rings. The molecule has 5 N–H and O–H groups in total. The lowest BCUT2D eigenvalue weighted by Gasteiger charge is -2.10. The van der Waals surface area contributed by atoms with Gasteiger partial charge in [-0.05, 0) is 51.4 Å². The number of unbranched alkanes of at least 4 members (excludes halogenated alkanes) is 1. The Labute approximate surface area is 174 Å². The SMILES string of the molecule is CCn1nc(C)cc1C(=O)Nc1nc2cc(C(N)=O)cc(OCCCCN)c2n1C. The molecule has 0 aliphatic carbocycles. The maximum absolute atomic E-state index is 12.8. The fourth-order valence-corrected chi connectivity index (χ4v) is 3.24. The number of amides is 2. The van der Waals surface area contributed by atoms with Crippen LogP contribution in [0.3, 0.4) is 0 Å². The summed E-state index contributed by atoms with van der Waals surface area (Å²) in [5, 5.41) is 7.12. The van der Waals surface area contributed by atoms with E-state index < -0.39 is 5.91 Å². The first-order valence-corrected chi connectivity index (χ1v) is 9.84. The van der Waals surface area contributed by atoms with Crippen LogP contribution in [-0.2, 0) is 13.6 Å². The smallest absolute Gasteiger partial charge is 0.276 e. The average molecular weight is 413 g/mol. The lowest BCUT2D eigenvalue weighted by Crippen LogP contribution is -2.19. The average Bonchev–Trinajstić information content (AvgIpc) is 3.24. The number of imidazole rings is 1. The van der Waals surface area contributed by atoms with Crippen LogP contribution in [0.5, 0.6) is 5.75 Å². The van der Waals surface area contributed by atoms with Crippen LogP contribution in [0.15, 0.2) is 18.2 Å². The van der Waals surface area contributed by atoms with E-state index in [-0.39, 0.29) is 11.5 Å². The van der Waals surface area contributed by atoms with Crippen LogP contribution >= 0.6 is 0 Å². The van der Waals surface area contributed by atoms with Gasteiger partial charge in [0.1, 0.15) is 17.0 Å². The normalized spacial score (nSPS) is 11.1. The molecule has 0 spiro atoms. The Hall–Kier alpha value is -3.40. The van der Waals surface area contributed by atoms with Crippen molar-refractivity contribution < 1.29 is 14.3 Å². The molecule has 2 heterocycles. The van der Waals surface area contributed by atoms with E-state index in [2.05, 4.69) is 15.4 Å². The van der Waals surface area contributed by atoms with Gasteiger partial charge in [0.25, 0.3) is 5.91 Å². The summed E-state index contributed by atoms with van der Waals surface area (Å²) < 4.78 is 9.23. The molecule has 0 saturated heterocycles. The fourth-order valence-electron chi connectivity index (χ4n) is 3.24. The van der Waals surface area contributed by atoms with Gasteiger partial charge in [0.2, 0.25) is 11.9 Å². The first-order chi connectivity index (χ1) is 14.3. The minimum Gasteiger partial charge on any atom is -0.491 e. The number of ether oxygens (including phenoxy) is 1. The van der Waals surface area contributed by atoms with E-state index in [9.17, 15) is 9.59 Å². The highest BCUT2D eigenvalue weighted by Crippen LogP contribution is 2.30. The zero-order chi connectivity index (χ0) is 21.8. The molecule has 0 radical (unpaired) electrons. The van der Waals surface area contributed by atoms with Crippen molar-refractivity contribution in [3.8, 4) is 5.75 Å². The molecule has 0 aliphatic heterocycles.